The summed E-state index contributed by atoms with van der Waals surface area (Å²) < 4.78 is 5.47. The van der Waals surface area contributed by atoms with Crippen LogP contribution in [-0.2, 0) is 11.3 Å². The molecule has 0 aliphatic rings. The SMILES string of the molecule is C=C(Br)CNCc1ccc(C(=O)OC)[nH]1. The number of nitrogens with one attached hydrogen (secondary N) is 2. The van der Waals surface area contributed by atoms with Crippen LogP contribution in [0.1, 0.15) is 16.2 Å². The number of H-pyrrole nitrogens is 1. The second kappa shape index (κ2) is 5.72. The molecule has 1 aromatic rings. The van der Waals surface area contributed by atoms with Crippen molar-refractivity contribution in [2.75, 3.05) is 13.7 Å². The van der Waals surface area contributed by atoms with Crippen molar-refractivity contribution in [1.82, 2.24) is 10.3 Å². The first-order chi connectivity index (χ1) is 7.13. The fourth-order valence-corrected chi connectivity index (χ4v) is 1.30. The van der Waals surface area contributed by atoms with Crippen LogP contribution >= 0.6 is 15.9 Å². The summed E-state index contributed by atoms with van der Waals surface area (Å²) in [6, 6.07) is 3.54. The van der Waals surface area contributed by atoms with Gasteiger partial charge in [-0.05, 0) is 12.1 Å². The standard InChI is InChI=1S/C10H13BrN2O2/c1-7(11)5-12-6-8-3-4-9(13-8)10(14)15-2/h3-4,12-13H,1,5-6H2,2H3. The monoisotopic (exact) mass is 272 g/mol. The molecule has 1 heterocycles. The average molecular weight is 273 g/mol. The summed E-state index contributed by atoms with van der Waals surface area (Å²) in [5.41, 5.74) is 1.40. The van der Waals surface area contributed by atoms with Gasteiger partial charge in [0.25, 0.3) is 0 Å². The molecule has 0 saturated heterocycles. The fraction of sp³-hybridized carbons (Fsp3) is 0.300. The van der Waals surface area contributed by atoms with E-state index in [-0.39, 0.29) is 5.97 Å². The third kappa shape index (κ3) is 3.89. The number of esters is 1. The molecular weight excluding hydrogens is 260 g/mol. The molecule has 0 amide bonds. The molecule has 82 valence electrons. The molecule has 15 heavy (non-hydrogen) atoms. The van der Waals surface area contributed by atoms with Crippen molar-refractivity contribution in [1.29, 1.82) is 0 Å². The topological polar surface area (TPSA) is 54.1 Å². The third-order valence-corrected chi connectivity index (χ3v) is 2.06. The van der Waals surface area contributed by atoms with Crippen LogP contribution in [0.2, 0.25) is 0 Å². The molecule has 1 aromatic heterocycles. The van der Waals surface area contributed by atoms with E-state index in [4.69, 9.17) is 0 Å². The Morgan fingerprint density at radius 1 is 1.67 bits per heavy atom. The van der Waals surface area contributed by atoms with Gasteiger partial charge in [-0.3, -0.25) is 0 Å². The highest BCUT2D eigenvalue weighted by Crippen LogP contribution is 2.04. The molecule has 0 aliphatic heterocycles. The first-order valence-corrected chi connectivity index (χ1v) is 5.23. The number of methoxy groups -OCH3 is 1. The van der Waals surface area contributed by atoms with E-state index >= 15 is 0 Å². The maximum atomic E-state index is 11.1. The van der Waals surface area contributed by atoms with Crippen molar-refractivity contribution in [3.8, 4) is 0 Å². The zero-order valence-electron chi connectivity index (χ0n) is 8.47. The molecule has 2 N–H and O–H groups in total. The second-order valence-corrected chi connectivity index (χ2v) is 4.13. The second-order valence-electron chi connectivity index (χ2n) is 3.01. The Morgan fingerprint density at radius 3 is 3.00 bits per heavy atom. The smallest absolute Gasteiger partial charge is 0.354 e. The Labute approximate surface area is 96.8 Å². The maximum Gasteiger partial charge on any atom is 0.354 e. The number of carbonyl (C=O) groups excluding carboxylic acids is 1. The highest BCUT2D eigenvalue weighted by atomic mass is 79.9. The molecule has 0 saturated carbocycles. The Bertz CT molecular complexity index is 360. The van der Waals surface area contributed by atoms with Crippen molar-refractivity contribution in [3.63, 3.8) is 0 Å². The average Bonchev–Trinajstić information content (AvgIpc) is 2.65. The summed E-state index contributed by atoms with van der Waals surface area (Å²) in [5, 5.41) is 3.14. The molecule has 0 radical (unpaired) electrons. The zero-order chi connectivity index (χ0) is 11.3. The van der Waals surface area contributed by atoms with Gasteiger partial charge in [-0.25, -0.2) is 4.79 Å². The van der Waals surface area contributed by atoms with Gasteiger partial charge in [0.2, 0.25) is 0 Å². The van der Waals surface area contributed by atoms with Crippen molar-refractivity contribution >= 4 is 21.9 Å². The van der Waals surface area contributed by atoms with Gasteiger partial charge < -0.3 is 15.0 Å². The van der Waals surface area contributed by atoms with E-state index in [0.29, 0.717) is 18.8 Å². The van der Waals surface area contributed by atoms with E-state index < -0.39 is 0 Å². The van der Waals surface area contributed by atoms with Gasteiger partial charge in [-0.15, -0.1) is 0 Å². The number of aromatic amines is 1. The Balaban J connectivity index is 2.46. The van der Waals surface area contributed by atoms with Gasteiger partial charge in [0.1, 0.15) is 5.69 Å². The van der Waals surface area contributed by atoms with Gasteiger partial charge in [-0.2, -0.15) is 0 Å². The van der Waals surface area contributed by atoms with Crippen LogP contribution in [0.25, 0.3) is 0 Å². The predicted octanol–water partition coefficient (Wildman–Crippen LogP) is 1.80. The van der Waals surface area contributed by atoms with Crippen LogP contribution < -0.4 is 5.32 Å². The van der Waals surface area contributed by atoms with Crippen LogP contribution in [0.5, 0.6) is 0 Å². The van der Waals surface area contributed by atoms with Gasteiger partial charge >= 0.3 is 5.97 Å². The van der Waals surface area contributed by atoms with Gasteiger partial charge in [0.15, 0.2) is 0 Å². The number of carbonyl (C=O) groups is 1. The van der Waals surface area contributed by atoms with E-state index in [9.17, 15) is 4.79 Å². The number of rotatable bonds is 5. The van der Waals surface area contributed by atoms with Crippen molar-refractivity contribution < 1.29 is 9.53 Å². The summed E-state index contributed by atoms with van der Waals surface area (Å²) >= 11 is 3.25. The van der Waals surface area contributed by atoms with E-state index in [1.165, 1.54) is 7.11 Å². The molecule has 0 bridgehead atoms. The number of hydrogen-bond acceptors (Lipinski definition) is 3. The number of ether oxygens (including phenoxy) is 1. The molecule has 0 spiro atoms. The summed E-state index contributed by atoms with van der Waals surface area (Å²) in [6.45, 7) is 5.04. The van der Waals surface area contributed by atoms with Crippen LogP contribution in [0.3, 0.4) is 0 Å². The molecule has 4 nitrogen and oxygen atoms in total. The van der Waals surface area contributed by atoms with E-state index in [1.54, 1.807) is 6.07 Å². The van der Waals surface area contributed by atoms with Crippen LogP contribution in [0.4, 0.5) is 0 Å². The van der Waals surface area contributed by atoms with Crippen molar-refractivity contribution in [3.05, 3.63) is 34.6 Å². The van der Waals surface area contributed by atoms with E-state index in [1.807, 2.05) is 6.07 Å². The van der Waals surface area contributed by atoms with E-state index in [2.05, 4.69) is 37.5 Å². The number of hydrogen-bond donors (Lipinski definition) is 2. The minimum absolute atomic E-state index is 0.355. The van der Waals surface area contributed by atoms with Crippen LogP contribution in [-0.4, -0.2) is 24.6 Å². The summed E-state index contributed by atoms with van der Waals surface area (Å²) in [4.78, 5) is 14.1. The fourth-order valence-electron chi connectivity index (χ4n) is 1.11. The number of aromatic nitrogens is 1. The summed E-state index contributed by atoms with van der Waals surface area (Å²) in [7, 11) is 1.36. The molecule has 0 aromatic carbocycles. The lowest BCUT2D eigenvalue weighted by atomic mass is 10.4. The number of halogens is 1. The predicted molar refractivity (Wildman–Crippen MR) is 61.9 cm³/mol. The van der Waals surface area contributed by atoms with Gasteiger partial charge in [-0.1, -0.05) is 22.5 Å². The maximum absolute atomic E-state index is 11.1. The van der Waals surface area contributed by atoms with Crippen LogP contribution in [0, 0.1) is 0 Å². The Hall–Kier alpha value is -1.07. The molecule has 0 fully saturated rings. The largest absolute Gasteiger partial charge is 0.464 e. The molecule has 0 atom stereocenters. The summed E-state index contributed by atoms with van der Waals surface area (Å²) in [5.74, 6) is -0.355. The third-order valence-electron chi connectivity index (χ3n) is 1.78. The van der Waals surface area contributed by atoms with E-state index in [0.717, 1.165) is 10.2 Å². The first kappa shape index (κ1) is 12.0. The van der Waals surface area contributed by atoms with Gasteiger partial charge in [0.05, 0.1) is 7.11 Å². The summed E-state index contributed by atoms with van der Waals surface area (Å²) in [6.07, 6.45) is 0. The molecule has 5 heteroatoms. The molecule has 0 unspecified atom stereocenters. The van der Waals surface area contributed by atoms with Crippen LogP contribution in [0.15, 0.2) is 23.2 Å². The lowest BCUT2D eigenvalue weighted by molar-refractivity contribution is 0.0594. The normalized spacial score (nSPS) is 10.0. The lowest BCUT2D eigenvalue weighted by Crippen LogP contribution is -2.14. The molecule has 0 aliphatic carbocycles. The minimum atomic E-state index is -0.355. The zero-order valence-corrected chi connectivity index (χ0v) is 10.1. The molecular formula is C10H13BrN2O2. The first-order valence-electron chi connectivity index (χ1n) is 4.43. The van der Waals surface area contributed by atoms with Crippen molar-refractivity contribution in [2.24, 2.45) is 0 Å². The Kier molecular flexibility index (Phi) is 4.58. The minimum Gasteiger partial charge on any atom is -0.464 e. The highest BCUT2D eigenvalue weighted by Gasteiger charge is 2.07. The van der Waals surface area contributed by atoms with Gasteiger partial charge in [0, 0.05) is 23.3 Å². The van der Waals surface area contributed by atoms with Crippen molar-refractivity contribution in [2.45, 2.75) is 6.54 Å². The lowest BCUT2D eigenvalue weighted by Gasteiger charge is -2.01. The Morgan fingerprint density at radius 2 is 2.40 bits per heavy atom. The highest BCUT2D eigenvalue weighted by molar-refractivity contribution is 9.11. The molecule has 1 rings (SSSR count). The quantitative estimate of drug-likeness (QED) is 0.804.